The third-order valence-corrected chi connectivity index (χ3v) is 9.01. The fourth-order valence-corrected chi connectivity index (χ4v) is 6.15. The van der Waals surface area contributed by atoms with Crippen molar-refractivity contribution in [2.75, 3.05) is 6.54 Å². The number of rotatable bonds is 13. The van der Waals surface area contributed by atoms with Crippen molar-refractivity contribution in [1.29, 1.82) is 0 Å². The molecule has 1 saturated heterocycles. The Morgan fingerprint density at radius 3 is 2.31 bits per heavy atom. The van der Waals surface area contributed by atoms with Gasteiger partial charge in [0.05, 0.1) is 24.7 Å². The van der Waals surface area contributed by atoms with Gasteiger partial charge in [-0.2, -0.15) is 0 Å². The molecule has 2 aromatic rings. The van der Waals surface area contributed by atoms with Gasteiger partial charge in [0.15, 0.2) is 0 Å². The summed E-state index contributed by atoms with van der Waals surface area (Å²) < 4.78 is 5.93. The fourth-order valence-electron chi connectivity index (χ4n) is 6.15. The summed E-state index contributed by atoms with van der Waals surface area (Å²) in [6.45, 7) is 8.73. The van der Waals surface area contributed by atoms with E-state index in [1.165, 1.54) is 29.1 Å². The Morgan fingerprint density at radius 2 is 1.69 bits per heavy atom. The van der Waals surface area contributed by atoms with Gasteiger partial charge in [-0.15, -0.1) is 0 Å². The molecule has 13 heteroatoms. The molecule has 4 amide bonds. The molecule has 48 heavy (non-hydrogen) atoms. The van der Waals surface area contributed by atoms with Crippen LogP contribution in [0.25, 0.3) is 0 Å². The summed E-state index contributed by atoms with van der Waals surface area (Å²) in [4.78, 5) is 88.1. The third-order valence-electron chi connectivity index (χ3n) is 9.01. The van der Waals surface area contributed by atoms with E-state index in [0.717, 1.165) is 12.0 Å². The Bertz CT molecular complexity index is 1480. The van der Waals surface area contributed by atoms with Crippen molar-refractivity contribution in [2.45, 2.75) is 97.0 Å². The lowest BCUT2D eigenvalue weighted by Gasteiger charge is -2.32. The zero-order valence-electron chi connectivity index (χ0n) is 28.2. The zero-order chi connectivity index (χ0) is 35.0. The van der Waals surface area contributed by atoms with Crippen LogP contribution in [0.15, 0.2) is 42.9 Å². The first-order chi connectivity index (χ1) is 22.9. The van der Waals surface area contributed by atoms with E-state index >= 15 is 0 Å². The van der Waals surface area contributed by atoms with Crippen LogP contribution in [0.3, 0.4) is 0 Å². The van der Waals surface area contributed by atoms with E-state index in [1.807, 2.05) is 18.2 Å². The van der Waals surface area contributed by atoms with Gasteiger partial charge in [0, 0.05) is 18.8 Å². The molecule has 2 aliphatic rings. The van der Waals surface area contributed by atoms with E-state index in [4.69, 9.17) is 4.74 Å². The Kier molecular flexibility index (Phi) is 12.4. The molecular formula is C35H46N6O7. The number of likely N-dealkylation sites (tertiary alicyclic amines) is 1. The third kappa shape index (κ3) is 8.81. The molecule has 2 unspecified atom stereocenters. The second-order valence-corrected chi connectivity index (χ2v) is 13.2. The molecule has 13 nitrogen and oxygen atoms in total. The summed E-state index contributed by atoms with van der Waals surface area (Å²) in [7, 11) is 0. The van der Waals surface area contributed by atoms with Gasteiger partial charge in [-0.05, 0) is 48.6 Å². The number of ether oxygens (including phenoxy) is 1. The normalized spacial score (nSPS) is 20.6. The van der Waals surface area contributed by atoms with E-state index in [0.29, 0.717) is 25.5 Å². The van der Waals surface area contributed by atoms with Crippen molar-refractivity contribution in [2.24, 2.45) is 17.8 Å². The van der Waals surface area contributed by atoms with Gasteiger partial charge in [0.2, 0.25) is 17.7 Å². The minimum Gasteiger partial charge on any atom is -0.460 e. The number of hydrogen-bond donors (Lipinski definition) is 3. The highest BCUT2D eigenvalue weighted by Gasteiger charge is 2.45. The minimum absolute atomic E-state index is 0.0390. The summed E-state index contributed by atoms with van der Waals surface area (Å²) in [6.07, 6.45) is 6.31. The molecule has 1 aromatic heterocycles. The van der Waals surface area contributed by atoms with Crippen LogP contribution in [0.1, 0.15) is 75.5 Å². The Balaban J connectivity index is 1.50. The average Bonchev–Trinajstić information content (AvgIpc) is 3.51. The van der Waals surface area contributed by atoms with E-state index in [9.17, 15) is 28.8 Å². The molecule has 2 heterocycles. The predicted octanol–water partition coefficient (Wildman–Crippen LogP) is 1.78. The van der Waals surface area contributed by atoms with Gasteiger partial charge in [-0.3, -0.25) is 29.0 Å². The van der Waals surface area contributed by atoms with Crippen molar-refractivity contribution in [3.8, 4) is 0 Å². The molecule has 0 spiro atoms. The molecule has 3 N–H and O–H groups in total. The smallest absolute Gasteiger partial charge is 0.309 e. The van der Waals surface area contributed by atoms with E-state index in [1.54, 1.807) is 34.6 Å². The first-order valence-corrected chi connectivity index (χ1v) is 16.6. The van der Waals surface area contributed by atoms with Crippen LogP contribution in [0.4, 0.5) is 0 Å². The molecule has 1 fully saturated rings. The topological polar surface area (TPSA) is 177 Å². The van der Waals surface area contributed by atoms with Crippen molar-refractivity contribution in [3.05, 3.63) is 59.7 Å². The van der Waals surface area contributed by atoms with Crippen LogP contribution in [0.5, 0.6) is 0 Å². The van der Waals surface area contributed by atoms with Crippen molar-refractivity contribution in [3.63, 3.8) is 0 Å². The highest BCUT2D eigenvalue weighted by atomic mass is 16.5. The quantitative estimate of drug-likeness (QED) is 0.213. The number of amides is 4. The van der Waals surface area contributed by atoms with Gasteiger partial charge < -0.3 is 30.4 Å². The summed E-state index contributed by atoms with van der Waals surface area (Å²) in [5.41, 5.74) is 2.36. The van der Waals surface area contributed by atoms with Crippen molar-refractivity contribution < 1.29 is 33.5 Å². The average molecular weight is 663 g/mol. The van der Waals surface area contributed by atoms with Crippen LogP contribution >= 0.6 is 0 Å². The number of aldehydes is 1. The second-order valence-electron chi connectivity index (χ2n) is 13.2. The molecule has 258 valence electrons. The summed E-state index contributed by atoms with van der Waals surface area (Å²) in [6, 6.07) is 4.13. The fraction of sp³-hybridized carbons (Fsp3) is 0.543. The van der Waals surface area contributed by atoms with E-state index in [2.05, 4.69) is 32.0 Å². The van der Waals surface area contributed by atoms with E-state index < -0.39 is 59.8 Å². The van der Waals surface area contributed by atoms with Gasteiger partial charge in [0.1, 0.15) is 36.2 Å². The number of carbonyl (C=O) groups excluding carboxylic acids is 6. The second kappa shape index (κ2) is 16.4. The van der Waals surface area contributed by atoms with Crippen LogP contribution in [0, 0.1) is 17.8 Å². The molecular weight excluding hydrogens is 616 g/mol. The van der Waals surface area contributed by atoms with Crippen LogP contribution in [-0.4, -0.2) is 87.6 Å². The maximum atomic E-state index is 14.2. The maximum Gasteiger partial charge on any atom is 0.309 e. The molecule has 0 bridgehead atoms. The lowest BCUT2D eigenvalue weighted by Crippen LogP contribution is -2.59. The number of esters is 1. The number of nitrogens with one attached hydrogen (secondary N) is 3. The minimum atomic E-state index is -1.07. The first kappa shape index (κ1) is 36.2. The van der Waals surface area contributed by atoms with Gasteiger partial charge in [-0.25, -0.2) is 4.98 Å². The standard InChI is InChI=1S/C35H46N6O7/c1-6-25(19-42)38-32(44)28-16-26(48-35(47)24-12-11-22-9-7-8-10-23(22)15-24)18-41(28)34(46)30(21(4)5)40-33(45)29(20(2)3)39-31(43)27-17-36-13-14-37-27/h7-10,13-14,17,19-21,24-26,28-30H,6,11-12,15-16,18H2,1-5H3,(H,38,44)(H,39,43)(H,40,45)/t24?,25-,26?,28-,29+,30+/m0/s1. The highest BCUT2D eigenvalue weighted by molar-refractivity contribution is 5.98. The number of carbonyl (C=O) groups is 6. The number of fused-ring (bicyclic) bond motifs is 1. The maximum absolute atomic E-state index is 14.2. The van der Waals surface area contributed by atoms with Gasteiger partial charge in [0.25, 0.3) is 5.91 Å². The lowest BCUT2D eigenvalue weighted by molar-refractivity contribution is -0.154. The largest absolute Gasteiger partial charge is 0.460 e. The van der Waals surface area contributed by atoms with Crippen molar-refractivity contribution in [1.82, 2.24) is 30.8 Å². The Labute approximate surface area is 281 Å². The molecule has 6 atom stereocenters. The van der Waals surface area contributed by atoms with Crippen LogP contribution in [0.2, 0.25) is 0 Å². The molecule has 1 aromatic carbocycles. The molecule has 4 rings (SSSR count). The summed E-state index contributed by atoms with van der Waals surface area (Å²) in [5, 5.41) is 8.16. The number of aromatic nitrogens is 2. The summed E-state index contributed by atoms with van der Waals surface area (Å²) >= 11 is 0. The number of benzene rings is 1. The Hall–Kier alpha value is -4.68. The predicted molar refractivity (Wildman–Crippen MR) is 175 cm³/mol. The Morgan fingerprint density at radius 1 is 0.979 bits per heavy atom. The number of hydrogen-bond acceptors (Lipinski definition) is 9. The van der Waals surface area contributed by atoms with Crippen molar-refractivity contribution >= 4 is 35.9 Å². The summed E-state index contributed by atoms with van der Waals surface area (Å²) in [5.74, 6) is -3.73. The monoisotopic (exact) mass is 662 g/mol. The molecule has 1 aliphatic heterocycles. The number of nitrogens with zero attached hydrogens (tertiary/aromatic N) is 3. The van der Waals surface area contributed by atoms with Crippen LogP contribution in [-0.2, 0) is 41.6 Å². The zero-order valence-corrected chi connectivity index (χ0v) is 28.2. The van der Waals surface area contributed by atoms with E-state index in [-0.39, 0.29) is 36.5 Å². The van der Waals surface area contributed by atoms with Gasteiger partial charge in [-0.1, -0.05) is 58.9 Å². The van der Waals surface area contributed by atoms with Crippen LogP contribution < -0.4 is 16.0 Å². The van der Waals surface area contributed by atoms with Gasteiger partial charge >= 0.3 is 5.97 Å². The molecule has 0 saturated carbocycles. The SMILES string of the molecule is CC[C@@H](C=O)NC(=O)[C@@H]1CC(OC(=O)C2CCc3ccccc3C2)CN1C(=O)[C@H](NC(=O)[C@H](NC(=O)c1cnccn1)C(C)C)C(C)C. The lowest BCUT2D eigenvalue weighted by atomic mass is 9.84. The molecule has 0 radical (unpaired) electrons. The highest BCUT2D eigenvalue weighted by Crippen LogP contribution is 2.29. The molecule has 1 aliphatic carbocycles. The number of aryl methyl sites for hydroxylation is 1. The first-order valence-electron chi connectivity index (χ1n) is 16.6.